The molecule has 0 aromatic rings. The topological polar surface area (TPSA) is 6.48 Å². The first-order valence-corrected chi connectivity index (χ1v) is 4.09. The fraction of sp³-hybridized carbons (Fsp3) is 1.00. The van der Waals surface area contributed by atoms with Gasteiger partial charge >= 0.3 is 0 Å². The van der Waals surface area contributed by atoms with Crippen LogP contribution in [0.5, 0.6) is 0 Å². The molecule has 0 aromatic carbocycles. The van der Waals surface area contributed by atoms with Gasteiger partial charge in [-0.15, -0.1) is 0 Å². The first-order valence-electron chi connectivity index (χ1n) is 4.09. The Kier molecular flexibility index (Phi) is 2.69. The van der Waals surface area contributed by atoms with E-state index in [1.165, 1.54) is 19.5 Å². The normalized spacial score (nSPS) is 25.5. The van der Waals surface area contributed by atoms with Gasteiger partial charge in [-0.2, -0.15) is 0 Å². The molecule has 1 fully saturated rings. The zero-order valence-electron chi connectivity index (χ0n) is 7.30. The van der Waals surface area contributed by atoms with Crippen LogP contribution in [0.25, 0.3) is 0 Å². The van der Waals surface area contributed by atoms with Gasteiger partial charge in [0.2, 0.25) is 0 Å². The summed E-state index contributed by atoms with van der Waals surface area (Å²) in [4.78, 5) is 4.77. The fourth-order valence-corrected chi connectivity index (χ4v) is 1.73. The van der Waals surface area contributed by atoms with E-state index in [-0.39, 0.29) is 0 Å². The molecule has 0 aromatic heterocycles. The Bertz CT molecular complexity index is 93.4. The Morgan fingerprint density at radius 2 is 1.70 bits per heavy atom. The third-order valence-electron chi connectivity index (χ3n) is 2.20. The highest BCUT2D eigenvalue weighted by Gasteiger charge is 2.18. The predicted molar refractivity (Wildman–Crippen MR) is 43.9 cm³/mol. The zero-order valence-corrected chi connectivity index (χ0v) is 7.30. The molecule has 1 rings (SSSR count). The summed E-state index contributed by atoms with van der Waals surface area (Å²) in [5.74, 6) is 0.892. The summed E-state index contributed by atoms with van der Waals surface area (Å²) < 4.78 is 0. The molecule has 0 aliphatic carbocycles. The molecule has 1 heterocycles. The molecule has 2 nitrogen and oxygen atoms in total. The fourth-order valence-electron chi connectivity index (χ4n) is 1.73. The molecule has 0 bridgehead atoms. The van der Waals surface area contributed by atoms with Gasteiger partial charge in [-0.1, -0.05) is 13.3 Å². The van der Waals surface area contributed by atoms with Gasteiger partial charge in [0.1, 0.15) is 0 Å². The minimum Gasteiger partial charge on any atom is -0.293 e. The van der Waals surface area contributed by atoms with Crippen molar-refractivity contribution in [2.45, 2.75) is 13.3 Å². The van der Waals surface area contributed by atoms with Crippen LogP contribution in [0.1, 0.15) is 13.3 Å². The summed E-state index contributed by atoms with van der Waals surface area (Å²) >= 11 is 0. The van der Waals surface area contributed by atoms with Crippen LogP contribution < -0.4 is 0 Å². The molecular formula is C8H18N2. The maximum absolute atomic E-state index is 2.39. The van der Waals surface area contributed by atoms with Gasteiger partial charge in [0.25, 0.3) is 0 Å². The van der Waals surface area contributed by atoms with Crippen molar-refractivity contribution in [2.24, 2.45) is 5.92 Å². The van der Waals surface area contributed by atoms with Crippen LogP contribution in [-0.4, -0.2) is 43.7 Å². The smallest absolute Gasteiger partial charge is 0.0500 e. The van der Waals surface area contributed by atoms with E-state index >= 15 is 0 Å². The third kappa shape index (κ3) is 1.96. The Morgan fingerprint density at radius 1 is 1.20 bits per heavy atom. The molecule has 0 atom stereocenters. The second-order valence-electron chi connectivity index (χ2n) is 3.49. The van der Waals surface area contributed by atoms with Gasteiger partial charge < -0.3 is 0 Å². The third-order valence-corrected chi connectivity index (χ3v) is 2.20. The van der Waals surface area contributed by atoms with Gasteiger partial charge in [0, 0.05) is 13.1 Å². The van der Waals surface area contributed by atoms with Crippen LogP contribution >= 0.6 is 0 Å². The monoisotopic (exact) mass is 142 g/mol. The molecule has 0 spiro atoms. The van der Waals surface area contributed by atoms with Crippen LogP contribution in [0, 0.1) is 5.92 Å². The molecule has 1 saturated heterocycles. The summed E-state index contributed by atoms with van der Waals surface area (Å²) in [6, 6.07) is 0. The second kappa shape index (κ2) is 3.35. The summed E-state index contributed by atoms with van der Waals surface area (Å²) in [5.41, 5.74) is 0. The van der Waals surface area contributed by atoms with E-state index in [0.717, 1.165) is 12.6 Å². The highest BCUT2D eigenvalue weighted by atomic mass is 15.3. The quantitative estimate of drug-likeness (QED) is 0.535. The summed E-state index contributed by atoms with van der Waals surface area (Å²) in [6.45, 7) is 5.97. The molecule has 1 aliphatic rings. The lowest BCUT2D eigenvalue weighted by atomic mass is 10.0. The molecule has 0 amide bonds. The maximum atomic E-state index is 2.39. The number of hydrogen-bond acceptors (Lipinski definition) is 2. The lowest BCUT2D eigenvalue weighted by Gasteiger charge is -2.35. The maximum Gasteiger partial charge on any atom is 0.0500 e. The molecule has 10 heavy (non-hydrogen) atoms. The van der Waals surface area contributed by atoms with Crippen molar-refractivity contribution in [3.05, 3.63) is 0 Å². The van der Waals surface area contributed by atoms with Crippen molar-refractivity contribution in [1.29, 1.82) is 0 Å². The Balaban J connectivity index is 2.35. The van der Waals surface area contributed by atoms with Crippen molar-refractivity contribution in [3.8, 4) is 0 Å². The van der Waals surface area contributed by atoms with E-state index < -0.39 is 0 Å². The summed E-state index contributed by atoms with van der Waals surface area (Å²) in [6.07, 6.45) is 1.31. The molecule has 0 saturated carbocycles. The average molecular weight is 142 g/mol. The molecule has 0 radical (unpaired) electrons. The summed E-state index contributed by atoms with van der Waals surface area (Å²) in [5, 5.41) is 0. The highest BCUT2D eigenvalue weighted by Crippen LogP contribution is 2.11. The van der Waals surface area contributed by atoms with Gasteiger partial charge in [-0.25, -0.2) is 0 Å². The molecule has 1 aliphatic heterocycles. The lowest BCUT2D eigenvalue weighted by molar-refractivity contribution is 0.0858. The van der Waals surface area contributed by atoms with Crippen LogP contribution in [0.4, 0.5) is 0 Å². The number of hydrogen-bond donors (Lipinski definition) is 0. The Morgan fingerprint density at radius 3 is 2.10 bits per heavy atom. The Labute approximate surface area is 63.8 Å². The first kappa shape index (κ1) is 8.02. The molecule has 2 heteroatoms. The lowest BCUT2D eigenvalue weighted by Crippen LogP contribution is -2.45. The van der Waals surface area contributed by atoms with Crippen molar-refractivity contribution in [3.63, 3.8) is 0 Å². The van der Waals surface area contributed by atoms with Crippen molar-refractivity contribution >= 4 is 0 Å². The summed E-state index contributed by atoms with van der Waals surface area (Å²) in [7, 11) is 4.39. The van der Waals surface area contributed by atoms with Crippen molar-refractivity contribution in [1.82, 2.24) is 9.80 Å². The highest BCUT2D eigenvalue weighted by molar-refractivity contribution is 4.70. The van der Waals surface area contributed by atoms with E-state index in [1.807, 2.05) is 0 Å². The second-order valence-corrected chi connectivity index (χ2v) is 3.49. The van der Waals surface area contributed by atoms with Gasteiger partial charge in [-0.3, -0.25) is 9.80 Å². The van der Waals surface area contributed by atoms with Crippen LogP contribution in [0.2, 0.25) is 0 Å². The van der Waals surface area contributed by atoms with Gasteiger partial charge in [0.15, 0.2) is 0 Å². The van der Waals surface area contributed by atoms with E-state index in [2.05, 4.69) is 30.8 Å². The standard InChI is InChI=1S/C8H18N2/c1-4-8-5-9(2)7-10(3)6-8/h8H,4-7H2,1-3H3. The van der Waals surface area contributed by atoms with E-state index in [9.17, 15) is 0 Å². The average Bonchev–Trinajstić information content (AvgIpc) is 1.85. The largest absolute Gasteiger partial charge is 0.293 e. The van der Waals surface area contributed by atoms with E-state index in [1.54, 1.807) is 0 Å². The van der Waals surface area contributed by atoms with Gasteiger partial charge in [0.05, 0.1) is 6.67 Å². The zero-order chi connectivity index (χ0) is 7.56. The first-order chi connectivity index (χ1) is 4.72. The van der Waals surface area contributed by atoms with Crippen LogP contribution in [-0.2, 0) is 0 Å². The van der Waals surface area contributed by atoms with Crippen molar-refractivity contribution in [2.75, 3.05) is 33.9 Å². The Hall–Kier alpha value is -0.0800. The molecule has 0 N–H and O–H groups in total. The van der Waals surface area contributed by atoms with E-state index in [4.69, 9.17) is 0 Å². The predicted octanol–water partition coefficient (Wildman–Crippen LogP) is 0.847. The van der Waals surface area contributed by atoms with Crippen LogP contribution in [0.15, 0.2) is 0 Å². The minimum absolute atomic E-state index is 0.892. The molecule has 60 valence electrons. The number of nitrogens with zero attached hydrogens (tertiary/aromatic N) is 2. The molecular weight excluding hydrogens is 124 g/mol. The number of rotatable bonds is 1. The minimum atomic E-state index is 0.892. The van der Waals surface area contributed by atoms with Crippen LogP contribution in [0.3, 0.4) is 0 Å². The SMILES string of the molecule is CCC1CN(C)CN(C)C1. The van der Waals surface area contributed by atoms with Crippen molar-refractivity contribution < 1.29 is 0 Å². The van der Waals surface area contributed by atoms with Gasteiger partial charge in [-0.05, 0) is 20.0 Å². The molecule has 0 unspecified atom stereocenters. The van der Waals surface area contributed by atoms with E-state index in [0.29, 0.717) is 0 Å².